The molecule has 29 heavy (non-hydrogen) atoms. The molecular formula is C23H24N4O2. The molecule has 148 valence electrons. The summed E-state index contributed by atoms with van der Waals surface area (Å²) in [6, 6.07) is 19.9. The van der Waals surface area contributed by atoms with E-state index in [1.807, 2.05) is 44.2 Å². The van der Waals surface area contributed by atoms with Gasteiger partial charge in [0.1, 0.15) is 5.82 Å². The predicted octanol–water partition coefficient (Wildman–Crippen LogP) is 4.29. The topological polar surface area (TPSA) is 97.1 Å². The standard InChI is InChI=1S/C23H24N4O2/c1-15(2)21(16-8-4-3-5-9-16)23(29)27-20-13-12-17(14-25-20)22(28)26-19-11-7-6-10-18(19)24/h3-15,21H,24H2,1-2H3,(H,26,28)(H,25,27,29). The van der Waals surface area contributed by atoms with Gasteiger partial charge >= 0.3 is 0 Å². The van der Waals surface area contributed by atoms with Crippen molar-refractivity contribution >= 4 is 29.0 Å². The van der Waals surface area contributed by atoms with E-state index in [-0.39, 0.29) is 23.7 Å². The van der Waals surface area contributed by atoms with Gasteiger partial charge in [-0.15, -0.1) is 0 Å². The number of amides is 2. The highest BCUT2D eigenvalue weighted by molar-refractivity contribution is 6.05. The van der Waals surface area contributed by atoms with E-state index in [0.29, 0.717) is 22.8 Å². The summed E-state index contributed by atoms with van der Waals surface area (Å²) in [7, 11) is 0. The number of benzene rings is 2. The molecule has 0 radical (unpaired) electrons. The van der Waals surface area contributed by atoms with Gasteiger partial charge in [0.25, 0.3) is 5.91 Å². The summed E-state index contributed by atoms with van der Waals surface area (Å²) in [4.78, 5) is 29.4. The third-order valence-corrected chi connectivity index (χ3v) is 4.59. The molecular weight excluding hydrogens is 364 g/mol. The smallest absolute Gasteiger partial charge is 0.257 e. The lowest BCUT2D eigenvalue weighted by atomic mass is 9.87. The minimum atomic E-state index is -0.322. The van der Waals surface area contributed by atoms with Crippen LogP contribution in [0.3, 0.4) is 0 Å². The molecule has 3 aromatic rings. The highest BCUT2D eigenvalue weighted by Gasteiger charge is 2.24. The molecule has 0 bridgehead atoms. The average molecular weight is 388 g/mol. The molecule has 1 unspecified atom stereocenters. The van der Waals surface area contributed by atoms with Crippen molar-refractivity contribution in [2.45, 2.75) is 19.8 Å². The summed E-state index contributed by atoms with van der Waals surface area (Å²) >= 11 is 0. The maximum Gasteiger partial charge on any atom is 0.257 e. The van der Waals surface area contributed by atoms with Gasteiger partial charge in [0.15, 0.2) is 0 Å². The molecule has 4 N–H and O–H groups in total. The molecule has 0 aliphatic heterocycles. The van der Waals surface area contributed by atoms with Crippen molar-refractivity contribution in [3.8, 4) is 0 Å². The molecule has 2 amide bonds. The van der Waals surface area contributed by atoms with Gasteiger partial charge in [-0.2, -0.15) is 0 Å². The van der Waals surface area contributed by atoms with Gasteiger partial charge in [0, 0.05) is 6.20 Å². The monoisotopic (exact) mass is 388 g/mol. The quantitative estimate of drug-likeness (QED) is 0.549. The van der Waals surface area contributed by atoms with E-state index in [4.69, 9.17) is 5.73 Å². The van der Waals surface area contributed by atoms with Crippen LogP contribution in [0.15, 0.2) is 72.9 Å². The third kappa shape index (κ3) is 4.99. The number of hydrogen-bond acceptors (Lipinski definition) is 4. The molecule has 0 saturated carbocycles. The fourth-order valence-corrected chi connectivity index (χ4v) is 3.11. The summed E-state index contributed by atoms with van der Waals surface area (Å²) in [5.74, 6) is -0.223. The molecule has 0 aliphatic rings. The molecule has 0 fully saturated rings. The normalized spacial score (nSPS) is 11.7. The van der Waals surface area contributed by atoms with Crippen LogP contribution in [-0.4, -0.2) is 16.8 Å². The number of nitrogens with two attached hydrogens (primary N) is 1. The maximum atomic E-state index is 12.8. The van der Waals surface area contributed by atoms with Crippen LogP contribution in [0.2, 0.25) is 0 Å². The van der Waals surface area contributed by atoms with E-state index in [0.717, 1.165) is 5.56 Å². The van der Waals surface area contributed by atoms with Crippen molar-refractivity contribution in [3.63, 3.8) is 0 Å². The molecule has 1 atom stereocenters. The van der Waals surface area contributed by atoms with Gasteiger partial charge < -0.3 is 16.4 Å². The molecule has 1 aromatic heterocycles. The highest BCUT2D eigenvalue weighted by Crippen LogP contribution is 2.26. The molecule has 0 saturated heterocycles. The van der Waals surface area contributed by atoms with Crippen LogP contribution < -0.4 is 16.4 Å². The Balaban J connectivity index is 1.69. The Kier molecular flexibility index (Phi) is 6.24. The second kappa shape index (κ2) is 9.01. The Hall–Kier alpha value is -3.67. The first-order chi connectivity index (χ1) is 14.0. The number of carbonyl (C=O) groups excluding carboxylic acids is 2. The third-order valence-electron chi connectivity index (χ3n) is 4.59. The molecule has 2 aromatic carbocycles. The summed E-state index contributed by atoms with van der Waals surface area (Å²) < 4.78 is 0. The van der Waals surface area contributed by atoms with Crippen LogP contribution >= 0.6 is 0 Å². The highest BCUT2D eigenvalue weighted by atomic mass is 16.2. The van der Waals surface area contributed by atoms with Gasteiger partial charge in [-0.3, -0.25) is 9.59 Å². The predicted molar refractivity (Wildman–Crippen MR) is 116 cm³/mol. The SMILES string of the molecule is CC(C)C(C(=O)Nc1ccc(C(=O)Nc2ccccc2N)cn1)c1ccccc1. The number of hydrogen-bond donors (Lipinski definition) is 3. The van der Waals surface area contributed by atoms with E-state index < -0.39 is 0 Å². The maximum absolute atomic E-state index is 12.8. The van der Waals surface area contributed by atoms with Crippen molar-refractivity contribution in [3.05, 3.63) is 84.1 Å². The van der Waals surface area contributed by atoms with Crippen LogP contribution in [0.25, 0.3) is 0 Å². The van der Waals surface area contributed by atoms with Crippen molar-refractivity contribution in [1.29, 1.82) is 0 Å². The number of para-hydroxylation sites is 2. The number of rotatable bonds is 6. The minimum absolute atomic E-state index is 0.124. The lowest BCUT2D eigenvalue weighted by Gasteiger charge is -2.20. The number of pyridine rings is 1. The number of carbonyl (C=O) groups is 2. The van der Waals surface area contributed by atoms with E-state index >= 15 is 0 Å². The van der Waals surface area contributed by atoms with Gasteiger partial charge in [0.2, 0.25) is 5.91 Å². The lowest BCUT2D eigenvalue weighted by molar-refractivity contribution is -0.118. The summed E-state index contributed by atoms with van der Waals surface area (Å²) in [6.45, 7) is 4.01. The van der Waals surface area contributed by atoms with Crippen molar-refractivity contribution in [2.75, 3.05) is 16.4 Å². The second-order valence-corrected chi connectivity index (χ2v) is 7.10. The molecule has 6 nitrogen and oxygen atoms in total. The molecule has 0 aliphatic carbocycles. The number of nitrogens with zero attached hydrogens (tertiary/aromatic N) is 1. The van der Waals surface area contributed by atoms with Gasteiger partial charge in [-0.25, -0.2) is 4.98 Å². The minimum Gasteiger partial charge on any atom is -0.397 e. The number of nitrogens with one attached hydrogen (secondary N) is 2. The van der Waals surface area contributed by atoms with Crippen molar-refractivity contribution < 1.29 is 9.59 Å². The van der Waals surface area contributed by atoms with Gasteiger partial charge in [0.05, 0.1) is 22.9 Å². The average Bonchev–Trinajstić information content (AvgIpc) is 2.71. The molecule has 1 heterocycles. The Morgan fingerprint density at radius 2 is 1.59 bits per heavy atom. The molecule has 3 rings (SSSR count). The van der Waals surface area contributed by atoms with Crippen LogP contribution in [0.1, 0.15) is 35.7 Å². The zero-order chi connectivity index (χ0) is 20.8. The second-order valence-electron chi connectivity index (χ2n) is 7.10. The van der Waals surface area contributed by atoms with Gasteiger partial charge in [-0.1, -0.05) is 56.3 Å². The first-order valence-electron chi connectivity index (χ1n) is 9.43. The number of aromatic nitrogens is 1. The van der Waals surface area contributed by atoms with Crippen LogP contribution in [0.5, 0.6) is 0 Å². The van der Waals surface area contributed by atoms with Crippen LogP contribution in [-0.2, 0) is 4.79 Å². The summed E-state index contributed by atoms with van der Waals surface area (Å²) in [5.41, 5.74) is 8.20. The van der Waals surface area contributed by atoms with E-state index in [1.165, 1.54) is 6.20 Å². The number of anilines is 3. The van der Waals surface area contributed by atoms with Crippen LogP contribution in [0, 0.1) is 5.92 Å². The fourth-order valence-electron chi connectivity index (χ4n) is 3.11. The van der Waals surface area contributed by atoms with Crippen molar-refractivity contribution in [2.24, 2.45) is 5.92 Å². The Labute approximate surface area is 170 Å². The molecule has 0 spiro atoms. The van der Waals surface area contributed by atoms with Crippen LogP contribution in [0.4, 0.5) is 17.2 Å². The fraction of sp³-hybridized carbons (Fsp3) is 0.174. The Bertz CT molecular complexity index is 985. The zero-order valence-electron chi connectivity index (χ0n) is 16.4. The van der Waals surface area contributed by atoms with E-state index in [1.54, 1.807) is 36.4 Å². The first kappa shape index (κ1) is 20.1. The molecule has 6 heteroatoms. The Morgan fingerprint density at radius 3 is 2.21 bits per heavy atom. The van der Waals surface area contributed by atoms with E-state index in [2.05, 4.69) is 15.6 Å². The summed E-state index contributed by atoms with van der Waals surface area (Å²) in [5, 5.41) is 5.60. The van der Waals surface area contributed by atoms with E-state index in [9.17, 15) is 9.59 Å². The Morgan fingerprint density at radius 1 is 0.897 bits per heavy atom. The zero-order valence-corrected chi connectivity index (χ0v) is 16.4. The number of nitrogen functional groups attached to an aromatic ring is 1. The first-order valence-corrected chi connectivity index (χ1v) is 9.43. The van der Waals surface area contributed by atoms with Crippen molar-refractivity contribution in [1.82, 2.24) is 4.98 Å². The summed E-state index contributed by atoms with van der Waals surface area (Å²) in [6.07, 6.45) is 1.43. The largest absolute Gasteiger partial charge is 0.397 e. The van der Waals surface area contributed by atoms with Gasteiger partial charge in [-0.05, 0) is 35.7 Å². The lowest BCUT2D eigenvalue weighted by Crippen LogP contribution is -2.25.